The van der Waals surface area contributed by atoms with Gasteiger partial charge in [-0.15, -0.1) is 0 Å². The third kappa shape index (κ3) is 3.36. The van der Waals surface area contributed by atoms with Gasteiger partial charge in [-0.05, 0) is 35.9 Å². The molecular weight excluding hydrogens is 361 g/mol. The molecular formula is C18H14FNO5S. The highest BCUT2D eigenvalue weighted by Gasteiger charge is 2.17. The van der Waals surface area contributed by atoms with Gasteiger partial charge in [0.25, 0.3) is 0 Å². The average Bonchev–Trinajstić information content (AvgIpc) is 2.57. The van der Waals surface area contributed by atoms with Gasteiger partial charge in [-0.3, -0.25) is 4.79 Å². The first kappa shape index (κ1) is 17.8. The van der Waals surface area contributed by atoms with Crippen molar-refractivity contribution in [3.05, 3.63) is 75.8 Å². The molecule has 0 aliphatic rings. The maximum atomic E-state index is 13.1. The van der Waals surface area contributed by atoms with Gasteiger partial charge in [0.1, 0.15) is 11.4 Å². The van der Waals surface area contributed by atoms with Crippen LogP contribution in [-0.4, -0.2) is 30.3 Å². The predicted octanol–water partition coefficient (Wildman–Crippen LogP) is 2.29. The molecule has 134 valence electrons. The van der Waals surface area contributed by atoms with Crippen LogP contribution in [0.25, 0.3) is 10.9 Å². The first-order valence-electron chi connectivity index (χ1n) is 7.52. The molecule has 26 heavy (non-hydrogen) atoms. The number of carbonyl (C=O) groups is 1. The van der Waals surface area contributed by atoms with Gasteiger partial charge in [-0.25, -0.2) is 17.6 Å². The molecule has 0 spiro atoms. The zero-order chi connectivity index (χ0) is 19.1. The Morgan fingerprint density at radius 1 is 1.15 bits per heavy atom. The van der Waals surface area contributed by atoms with E-state index in [0.29, 0.717) is 11.1 Å². The third-order valence-corrected chi connectivity index (χ3v) is 5.09. The number of hydrogen-bond acceptors (Lipinski definition) is 4. The van der Waals surface area contributed by atoms with Crippen molar-refractivity contribution >= 4 is 26.7 Å². The van der Waals surface area contributed by atoms with Crippen LogP contribution in [0, 0.1) is 5.82 Å². The largest absolute Gasteiger partial charge is 0.477 e. The van der Waals surface area contributed by atoms with Crippen molar-refractivity contribution in [1.29, 1.82) is 0 Å². The number of carboxylic acids is 1. The highest BCUT2D eigenvalue weighted by atomic mass is 32.2. The molecule has 0 saturated heterocycles. The lowest BCUT2D eigenvalue weighted by Gasteiger charge is -2.13. The summed E-state index contributed by atoms with van der Waals surface area (Å²) in [6.07, 6.45) is 2.21. The fourth-order valence-electron chi connectivity index (χ4n) is 2.68. The molecule has 2 aromatic carbocycles. The molecule has 0 atom stereocenters. The van der Waals surface area contributed by atoms with E-state index >= 15 is 0 Å². The molecule has 0 aliphatic carbocycles. The molecule has 0 radical (unpaired) electrons. The fraction of sp³-hybridized carbons (Fsp3) is 0.111. The van der Waals surface area contributed by atoms with E-state index in [-0.39, 0.29) is 16.8 Å². The molecule has 0 amide bonds. The van der Waals surface area contributed by atoms with Crippen molar-refractivity contribution in [1.82, 2.24) is 4.57 Å². The lowest BCUT2D eigenvalue weighted by Crippen LogP contribution is -2.19. The SMILES string of the molecule is CS(=O)(=O)c1ccc2c(c1)c(=O)c(C(=O)O)cn2Cc1ccc(F)cc1. The van der Waals surface area contributed by atoms with Crippen molar-refractivity contribution in [2.75, 3.05) is 6.26 Å². The Bertz CT molecular complexity index is 1180. The Labute approximate surface area is 148 Å². The number of benzene rings is 2. The van der Waals surface area contributed by atoms with Gasteiger partial charge >= 0.3 is 5.97 Å². The van der Waals surface area contributed by atoms with E-state index in [4.69, 9.17) is 0 Å². The average molecular weight is 375 g/mol. The summed E-state index contributed by atoms with van der Waals surface area (Å²) >= 11 is 0. The number of carboxylic acid groups (broad SMARTS) is 1. The van der Waals surface area contributed by atoms with E-state index < -0.39 is 32.6 Å². The molecule has 8 heteroatoms. The number of sulfone groups is 1. The van der Waals surface area contributed by atoms with Crippen molar-refractivity contribution < 1.29 is 22.7 Å². The Kier molecular flexibility index (Phi) is 4.37. The van der Waals surface area contributed by atoms with Crippen LogP contribution in [0.1, 0.15) is 15.9 Å². The quantitative estimate of drug-likeness (QED) is 0.755. The van der Waals surface area contributed by atoms with Crippen LogP contribution < -0.4 is 5.43 Å². The molecule has 6 nitrogen and oxygen atoms in total. The molecule has 0 aliphatic heterocycles. The summed E-state index contributed by atoms with van der Waals surface area (Å²) in [4.78, 5) is 23.8. The topological polar surface area (TPSA) is 93.4 Å². The fourth-order valence-corrected chi connectivity index (χ4v) is 3.32. The molecule has 1 aromatic heterocycles. The number of nitrogens with zero attached hydrogens (tertiary/aromatic N) is 1. The van der Waals surface area contributed by atoms with Crippen molar-refractivity contribution in [2.45, 2.75) is 11.4 Å². The normalized spacial score (nSPS) is 11.6. The first-order chi connectivity index (χ1) is 12.2. The predicted molar refractivity (Wildman–Crippen MR) is 93.8 cm³/mol. The summed E-state index contributed by atoms with van der Waals surface area (Å²) in [5, 5.41) is 9.30. The summed E-state index contributed by atoms with van der Waals surface area (Å²) in [5.74, 6) is -1.81. The third-order valence-electron chi connectivity index (χ3n) is 3.98. The second kappa shape index (κ2) is 6.38. The summed E-state index contributed by atoms with van der Waals surface area (Å²) in [6.45, 7) is 0.190. The minimum atomic E-state index is -3.56. The summed E-state index contributed by atoms with van der Waals surface area (Å²) in [6, 6.07) is 9.65. The molecule has 0 bridgehead atoms. The van der Waals surface area contributed by atoms with Crippen molar-refractivity contribution in [3.63, 3.8) is 0 Å². The van der Waals surface area contributed by atoms with E-state index in [0.717, 1.165) is 6.26 Å². The molecule has 1 N–H and O–H groups in total. The van der Waals surface area contributed by atoms with Crippen LogP contribution in [0.3, 0.4) is 0 Å². The highest BCUT2D eigenvalue weighted by Crippen LogP contribution is 2.19. The maximum Gasteiger partial charge on any atom is 0.341 e. The Balaban J connectivity index is 2.27. The smallest absolute Gasteiger partial charge is 0.341 e. The van der Waals surface area contributed by atoms with E-state index in [2.05, 4.69) is 0 Å². The van der Waals surface area contributed by atoms with Crippen molar-refractivity contribution in [2.24, 2.45) is 0 Å². The van der Waals surface area contributed by atoms with Crippen LogP contribution in [0.5, 0.6) is 0 Å². The van der Waals surface area contributed by atoms with Crippen LogP contribution in [-0.2, 0) is 16.4 Å². The van der Waals surface area contributed by atoms with Crippen LogP contribution in [0.2, 0.25) is 0 Å². The van der Waals surface area contributed by atoms with E-state index in [9.17, 15) is 27.5 Å². The number of halogens is 1. The standard InChI is InChI=1S/C18H14FNO5S/c1-26(24,25)13-6-7-16-14(8-13)17(21)15(18(22)23)10-20(16)9-11-2-4-12(19)5-3-11/h2-8,10H,9H2,1H3,(H,22,23). The van der Waals surface area contributed by atoms with E-state index in [1.165, 1.54) is 41.1 Å². The molecule has 0 saturated carbocycles. The molecule has 0 fully saturated rings. The zero-order valence-corrected chi connectivity index (χ0v) is 14.5. The highest BCUT2D eigenvalue weighted by molar-refractivity contribution is 7.90. The Hall–Kier alpha value is -3.00. The van der Waals surface area contributed by atoms with Gasteiger partial charge in [0.15, 0.2) is 9.84 Å². The van der Waals surface area contributed by atoms with Gasteiger partial charge in [0.2, 0.25) is 5.43 Å². The van der Waals surface area contributed by atoms with Crippen LogP contribution >= 0.6 is 0 Å². The van der Waals surface area contributed by atoms with Crippen LogP contribution in [0.15, 0.2) is 58.4 Å². The number of aromatic carboxylic acids is 1. The number of rotatable bonds is 4. The lowest BCUT2D eigenvalue weighted by atomic mass is 10.1. The summed E-state index contributed by atoms with van der Waals surface area (Å²) in [5.41, 5.74) is -0.143. The number of pyridine rings is 1. The minimum Gasteiger partial charge on any atom is -0.477 e. The van der Waals surface area contributed by atoms with Gasteiger partial charge < -0.3 is 9.67 Å². The monoisotopic (exact) mass is 375 g/mol. The second-order valence-electron chi connectivity index (χ2n) is 5.88. The molecule has 1 heterocycles. The summed E-state index contributed by atoms with van der Waals surface area (Å²) in [7, 11) is -3.56. The Morgan fingerprint density at radius 2 is 1.81 bits per heavy atom. The minimum absolute atomic E-state index is 0.00469. The molecule has 3 aromatic rings. The maximum absolute atomic E-state index is 13.1. The number of fused-ring (bicyclic) bond motifs is 1. The number of hydrogen-bond donors (Lipinski definition) is 1. The Morgan fingerprint density at radius 3 is 2.38 bits per heavy atom. The van der Waals surface area contributed by atoms with E-state index in [1.807, 2.05) is 0 Å². The number of aromatic nitrogens is 1. The zero-order valence-electron chi connectivity index (χ0n) is 13.6. The summed E-state index contributed by atoms with van der Waals surface area (Å²) < 4.78 is 38.1. The van der Waals surface area contributed by atoms with Gasteiger partial charge in [0, 0.05) is 24.4 Å². The van der Waals surface area contributed by atoms with Gasteiger partial charge in [-0.1, -0.05) is 12.1 Å². The molecule has 0 unspecified atom stereocenters. The van der Waals surface area contributed by atoms with Crippen molar-refractivity contribution in [3.8, 4) is 0 Å². The van der Waals surface area contributed by atoms with Crippen LogP contribution in [0.4, 0.5) is 4.39 Å². The second-order valence-corrected chi connectivity index (χ2v) is 7.90. The van der Waals surface area contributed by atoms with Gasteiger partial charge in [0.05, 0.1) is 10.4 Å². The first-order valence-corrected chi connectivity index (χ1v) is 9.41. The van der Waals surface area contributed by atoms with Gasteiger partial charge in [-0.2, -0.15) is 0 Å². The molecule has 3 rings (SSSR count). The van der Waals surface area contributed by atoms with E-state index in [1.54, 1.807) is 12.1 Å². The lowest BCUT2D eigenvalue weighted by molar-refractivity contribution is 0.0695.